The van der Waals surface area contributed by atoms with Crippen molar-refractivity contribution in [1.29, 1.82) is 0 Å². The monoisotopic (exact) mass is 443 g/mol. The maximum absolute atomic E-state index is 13.3. The molecule has 7 heteroatoms. The van der Waals surface area contributed by atoms with E-state index in [9.17, 15) is 9.18 Å². The Kier molecular flexibility index (Phi) is 3.52. The van der Waals surface area contributed by atoms with Gasteiger partial charge in [0.25, 0.3) is 0 Å². The molecule has 0 saturated heterocycles. The Balaban J connectivity index is 2.69. The molecule has 2 aromatic heterocycles. The van der Waals surface area contributed by atoms with Crippen LogP contribution in [0.2, 0.25) is 0 Å². The van der Waals surface area contributed by atoms with Gasteiger partial charge in [0.1, 0.15) is 13.7 Å². The third-order valence-corrected chi connectivity index (χ3v) is 4.82. The summed E-state index contributed by atoms with van der Waals surface area (Å²) >= 11 is 4.14. The van der Waals surface area contributed by atoms with Crippen LogP contribution < -0.4 is 0 Å². The predicted octanol–water partition coefficient (Wildman–Crippen LogP) is 2.43. The molecule has 0 fully saturated rings. The van der Waals surface area contributed by atoms with Crippen LogP contribution in [-0.4, -0.2) is 20.8 Å². The molecule has 0 radical (unpaired) electrons. The van der Waals surface area contributed by atoms with E-state index in [1.807, 2.05) is 0 Å². The Labute approximate surface area is 118 Å². The smallest absolute Gasteiger partial charge is 0.155 e. The lowest BCUT2D eigenvalue weighted by molar-refractivity contribution is 0.111. The number of aldehydes is 1. The maximum atomic E-state index is 13.3. The average molecular weight is 443 g/mol. The Morgan fingerprint density at radius 3 is 2.69 bits per heavy atom. The lowest BCUT2D eigenvalue weighted by atomic mass is 10.2. The molecule has 16 heavy (non-hydrogen) atoms. The van der Waals surface area contributed by atoms with Crippen molar-refractivity contribution in [3.05, 3.63) is 37.5 Å². The van der Waals surface area contributed by atoms with Gasteiger partial charge in [-0.1, -0.05) is 0 Å². The highest BCUT2D eigenvalue weighted by molar-refractivity contribution is 14.1. The maximum Gasteiger partial charge on any atom is 0.155 e. The van der Waals surface area contributed by atoms with Gasteiger partial charge in [0.05, 0.1) is 23.6 Å². The molecular weight excluding hydrogens is 439 g/mol. The summed E-state index contributed by atoms with van der Waals surface area (Å²) in [5.41, 5.74) is 0.386. The molecule has 0 amide bonds. The highest BCUT2D eigenvalue weighted by Crippen LogP contribution is 2.21. The van der Waals surface area contributed by atoms with Crippen molar-refractivity contribution in [3.63, 3.8) is 0 Å². The summed E-state index contributed by atoms with van der Waals surface area (Å²) in [6.07, 6.45) is 4.47. The molecule has 0 bridgehead atoms. The van der Waals surface area contributed by atoms with Gasteiger partial charge in [0.15, 0.2) is 12.1 Å². The van der Waals surface area contributed by atoms with Crippen molar-refractivity contribution >= 4 is 51.5 Å². The molecule has 0 unspecified atom stereocenters. The number of carbonyl (C=O) groups is 1. The average Bonchev–Trinajstić information content (AvgIpc) is 2.59. The molecule has 0 aromatic carbocycles. The minimum absolute atomic E-state index is 0.0123. The number of carbonyl (C=O) groups excluding carboxylic acids is 1. The topological polar surface area (TPSA) is 47.8 Å². The van der Waals surface area contributed by atoms with Crippen LogP contribution in [0.3, 0.4) is 0 Å². The Morgan fingerprint density at radius 1 is 1.38 bits per heavy atom. The molecule has 0 aliphatic carbocycles. The van der Waals surface area contributed by atoms with Crippen molar-refractivity contribution in [2.45, 2.75) is 0 Å². The number of imidazole rings is 1. The van der Waals surface area contributed by atoms with E-state index >= 15 is 0 Å². The molecule has 0 spiro atoms. The summed E-state index contributed by atoms with van der Waals surface area (Å²) in [4.78, 5) is 18.6. The predicted molar refractivity (Wildman–Crippen MR) is 72.1 cm³/mol. The van der Waals surface area contributed by atoms with Crippen molar-refractivity contribution in [2.24, 2.45) is 0 Å². The van der Waals surface area contributed by atoms with Gasteiger partial charge in [-0.2, -0.15) is 0 Å². The minimum Gasteiger partial charge on any atom is -0.298 e. The van der Waals surface area contributed by atoms with Crippen LogP contribution in [0.5, 0.6) is 0 Å². The van der Waals surface area contributed by atoms with E-state index in [1.165, 1.54) is 12.5 Å². The molecule has 2 heterocycles. The number of halogens is 3. The zero-order valence-corrected chi connectivity index (χ0v) is 12.0. The molecule has 0 aliphatic heterocycles. The number of hydrogen-bond acceptors (Lipinski definition) is 3. The van der Waals surface area contributed by atoms with Gasteiger partial charge in [-0.05, 0) is 45.2 Å². The quantitative estimate of drug-likeness (QED) is 0.530. The first-order chi connectivity index (χ1) is 7.65. The van der Waals surface area contributed by atoms with Crippen LogP contribution in [-0.2, 0) is 0 Å². The Morgan fingerprint density at radius 2 is 2.12 bits per heavy atom. The molecule has 0 aliphatic rings. The standard InChI is InChI=1S/C9H4FI2N3O/c10-6-1-13-2-7(5(6)3-16)15-4-14-8(11)9(15)12/h1-4H. The lowest BCUT2D eigenvalue weighted by Crippen LogP contribution is -2.03. The summed E-state index contributed by atoms with van der Waals surface area (Å²) in [5, 5.41) is 0. The highest BCUT2D eigenvalue weighted by atomic mass is 127. The molecule has 4 nitrogen and oxygen atoms in total. The van der Waals surface area contributed by atoms with Gasteiger partial charge in [0.2, 0.25) is 0 Å². The molecular formula is C9H4FI2N3O. The molecule has 2 aromatic rings. The first-order valence-electron chi connectivity index (χ1n) is 4.12. The van der Waals surface area contributed by atoms with E-state index in [-0.39, 0.29) is 5.56 Å². The third-order valence-electron chi connectivity index (χ3n) is 1.96. The number of pyridine rings is 1. The summed E-state index contributed by atoms with van der Waals surface area (Å²) < 4.78 is 16.6. The SMILES string of the molecule is O=Cc1c(F)cncc1-n1cnc(I)c1I. The van der Waals surface area contributed by atoms with Crippen LogP contribution in [0.15, 0.2) is 18.7 Å². The summed E-state index contributed by atoms with van der Waals surface area (Å²) in [7, 11) is 0. The van der Waals surface area contributed by atoms with Crippen LogP contribution in [0.4, 0.5) is 4.39 Å². The number of nitrogens with zero attached hydrogens (tertiary/aromatic N) is 3. The Hall–Kier alpha value is -0.580. The lowest BCUT2D eigenvalue weighted by Gasteiger charge is -2.06. The third kappa shape index (κ3) is 1.97. The summed E-state index contributed by atoms with van der Waals surface area (Å²) in [6, 6.07) is 0. The van der Waals surface area contributed by atoms with Crippen molar-refractivity contribution in [3.8, 4) is 5.69 Å². The van der Waals surface area contributed by atoms with Crippen molar-refractivity contribution in [1.82, 2.24) is 14.5 Å². The first-order valence-corrected chi connectivity index (χ1v) is 6.28. The molecule has 2 rings (SSSR count). The second-order valence-corrected chi connectivity index (χ2v) is 4.91. The normalized spacial score (nSPS) is 10.4. The zero-order chi connectivity index (χ0) is 11.7. The fourth-order valence-electron chi connectivity index (χ4n) is 1.22. The van der Waals surface area contributed by atoms with Crippen molar-refractivity contribution < 1.29 is 9.18 Å². The van der Waals surface area contributed by atoms with Gasteiger partial charge in [-0.3, -0.25) is 14.3 Å². The van der Waals surface area contributed by atoms with E-state index in [1.54, 1.807) is 4.57 Å². The largest absolute Gasteiger partial charge is 0.298 e. The molecule has 0 atom stereocenters. The Bertz CT molecular complexity index is 556. The fourth-order valence-corrected chi connectivity index (χ4v) is 2.13. The van der Waals surface area contributed by atoms with Crippen LogP contribution in [0.25, 0.3) is 5.69 Å². The van der Waals surface area contributed by atoms with Crippen LogP contribution >= 0.6 is 45.2 Å². The van der Waals surface area contributed by atoms with Gasteiger partial charge in [0, 0.05) is 0 Å². The van der Waals surface area contributed by atoms with Gasteiger partial charge >= 0.3 is 0 Å². The van der Waals surface area contributed by atoms with E-state index < -0.39 is 5.82 Å². The molecule has 0 saturated carbocycles. The van der Waals surface area contributed by atoms with Gasteiger partial charge in [-0.15, -0.1) is 0 Å². The number of aromatic nitrogens is 3. The van der Waals surface area contributed by atoms with Gasteiger partial charge < -0.3 is 0 Å². The van der Waals surface area contributed by atoms with Crippen LogP contribution in [0.1, 0.15) is 10.4 Å². The van der Waals surface area contributed by atoms with E-state index in [4.69, 9.17) is 0 Å². The summed E-state index contributed by atoms with van der Waals surface area (Å²) in [6.45, 7) is 0. The molecule has 0 N–H and O–H groups in total. The number of hydrogen-bond donors (Lipinski definition) is 0. The summed E-state index contributed by atoms with van der Waals surface area (Å²) in [5.74, 6) is -0.632. The van der Waals surface area contributed by atoms with E-state index in [0.717, 1.165) is 13.6 Å². The van der Waals surface area contributed by atoms with Crippen LogP contribution in [0, 0.1) is 13.2 Å². The van der Waals surface area contributed by atoms with E-state index in [2.05, 4.69) is 55.1 Å². The van der Waals surface area contributed by atoms with Crippen molar-refractivity contribution in [2.75, 3.05) is 0 Å². The van der Waals surface area contributed by atoms with E-state index in [0.29, 0.717) is 12.0 Å². The zero-order valence-electron chi connectivity index (χ0n) is 7.69. The van der Waals surface area contributed by atoms with Gasteiger partial charge in [-0.25, -0.2) is 9.37 Å². The highest BCUT2D eigenvalue weighted by Gasteiger charge is 2.13. The minimum atomic E-state index is -0.632. The number of rotatable bonds is 2. The fraction of sp³-hybridized carbons (Fsp3) is 0. The second-order valence-electron chi connectivity index (χ2n) is 2.87. The first kappa shape index (κ1) is 11.9. The second kappa shape index (κ2) is 4.73. The molecule has 82 valence electrons.